The molecular formula is C37H63N7O9. The molecule has 16 heteroatoms. The number of rotatable bonds is 16. The van der Waals surface area contributed by atoms with Crippen molar-refractivity contribution in [1.29, 1.82) is 0 Å². The van der Waals surface area contributed by atoms with E-state index in [1.165, 1.54) is 6.92 Å². The molecule has 0 spiro atoms. The van der Waals surface area contributed by atoms with Crippen molar-refractivity contribution in [3.05, 3.63) is 21.6 Å². The lowest BCUT2D eigenvalue weighted by molar-refractivity contribution is -0.120. The first-order chi connectivity index (χ1) is 24.7. The van der Waals surface area contributed by atoms with Gasteiger partial charge in [0.05, 0.1) is 26.4 Å². The van der Waals surface area contributed by atoms with Crippen molar-refractivity contribution in [2.24, 2.45) is 21.7 Å². The first-order valence-corrected chi connectivity index (χ1v) is 18.5. The highest BCUT2D eigenvalue weighted by Gasteiger charge is 2.43. The van der Waals surface area contributed by atoms with Crippen LogP contribution in [0.5, 0.6) is 0 Å². The highest BCUT2D eigenvalue weighted by atomic mass is 16.6. The first-order valence-electron chi connectivity index (χ1n) is 18.5. The number of methoxy groups -OCH3 is 1. The topological polar surface area (TPSA) is 211 Å². The minimum absolute atomic E-state index is 0.00348. The van der Waals surface area contributed by atoms with Crippen LogP contribution in [0.4, 0.5) is 20.3 Å². The number of carbonyl (C=O) groups is 4. The molecule has 0 radical (unpaired) electrons. The van der Waals surface area contributed by atoms with Crippen LogP contribution in [0.1, 0.15) is 98.2 Å². The lowest BCUT2D eigenvalue weighted by atomic mass is 9.62. The van der Waals surface area contributed by atoms with E-state index in [2.05, 4.69) is 78.1 Å². The minimum Gasteiger partial charge on any atom is -0.449 e. The third kappa shape index (κ3) is 15.2. The molecule has 2 aliphatic carbocycles. The fourth-order valence-electron chi connectivity index (χ4n) is 8.67. The van der Waals surface area contributed by atoms with Gasteiger partial charge in [0, 0.05) is 56.9 Å². The Kier molecular flexibility index (Phi) is 15.5. The van der Waals surface area contributed by atoms with Crippen LogP contribution in [0.3, 0.4) is 0 Å². The van der Waals surface area contributed by atoms with Crippen molar-refractivity contribution >= 4 is 30.1 Å². The van der Waals surface area contributed by atoms with E-state index in [1.54, 1.807) is 14.0 Å². The Balaban J connectivity index is 1.45. The summed E-state index contributed by atoms with van der Waals surface area (Å²) in [4.78, 5) is 69.4. The first kappa shape index (κ1) is 43.5. The maximum Gasteiger partial charge on any atom is 0.407 e. The van der Waals surface area contributed by atoms with E-state index in [-0.39, 0.29) is 71.8 Å². The number of H-pyrrole nitrogens is 1. The Bertz CT molecular complexity index is 1480. The molecule has 0 aliphatic heterocycles. The Morgan fingerprint density at radius 1 is 0.774 bits per heavy atom. The molecule has 4 atom stereocenters. The summed E-state index contributed by atoms with van der Waals surface area (Å²) in [7, 11) is 1.59. The lowest BCUT2D eigenvalue weighted by Crippen LogP contribution is -2.51. The molecule has 0 saturated heterocycles. The van der Waals surface area contributed by atoms with Crippen molar-refractivity contribution in [2.75, 3.05) is 58.6 Å². The number of aryl methyl sites for hydroxylation is 1. The molecule has 2 aliphatic rings. The quantitative estimate of drug-likeness (QED) is 0.133. The fourth-order valence-corrected chi connectivity index (χ4v) is 8.67. The largest absolute Gasteiger partial charge is 0.449 e. The molecule has 5 amide bonds. The van der Waals surface area contributed by atoms with E-state index < -0.39 is 23.8 Å². The van der Waals surface area contributed by atoms with Crippen LogP contribution in [0.25, 0.3) is 0 Å². The summed E-state index contributed by atoms with van der Waals surface area (Å²) in [5.74, 6) is -0.0685. The van der Waals surface area contributed by atoms with E-state index in [0.29, 0.717) is 44.0 Å². The predicted molar refractivity (Wildman–Crippen MR) is 200 cm³/mol. The zero-order valence-electron chi connectivity index (χ0n) is 33.2. The Morgan fingerprint density at radius 3 is 1.92 bits per heavy atom. The zero-order chi connectivity index (χ0) is 39.5. The number of alkyl carbamates (subject to hydrolysis) is 2. The average molecular weight is 750 g/mol. The Hall–Kier alpha value is -3.92. The van der Waals surface area contributed by atoms with Crippen LogP contribution in [0.15, 0.2) is 4.79 Å². The summed E-state index contributed by atoms with van der Waals surface area (Å²) in [5, 5.41) is 14.4. The maximum absolute atomic E-state index is 12.9. The number of carbonyl (C=O) groups excluding carboxylic acids is 4. The molecule has 53 heavy (non-hydrogen) atoms. The normalized spacial score (nSPS) is 24.7. The molecule has 1 aromatic heterocycles. The van der Waals surface area contributed by atoms with Gasteiger partial charge < -0.3 is 45.2 Å². The molecule has 4 unspecified atom stereocenters. The van der Waals surface area contributed by atoms with Crippen LogP contribution in [-0.2, 0) is 30.2 Å². The second-order valence-electron chi connectivity index (χ2n) is 17.1. The van der Waals surface area contributed by atoms with Gasteiger partial charge >= 0.3 is 18.2 Å². The third-order valence-corrected chi connectivity index (χ3v) is 9.89. The molecule has 2 fully saturated rings. The number of ether oxygens (including phenoxy) is 4. The lowest BCUT2D eigenvalue weighted by Gasteiger charge is -2.46. The van der Waals surface area contributed by atoms with Gasteiger partial charge in [0.2, 0.25) is 11.9 Å². The number of aromatic amines is 1. The second-order valence-corrected chi connectivity index (χ2v) is 17.1. The number of amides is 5. The molecule has 0 bridgehead atoms. The van der Waals surface area contributed by atoms with Crippen molar-refractivity contribution in [3.63, 3.8) is 0 Å². The van der Waals surface area contributed by atoms with Crippen molar-refractivity contribution in [3.8, 4) is 0 Å². The summed E-state index contributed by atoms with van der Waals surface area (Å²) in [6, 6.07) is -0.633. The highest BCUT2D eigenvalue weighted by Crippen LogP contribution is 2.46. The van der Waals surface area contributed by atoms with E-state index in [0.717, 1.165) is 32.1 Å². The van der Waals surface area contributed by atoms with Gasteiger partial charge in [-0.15, -0.1) is 0 Å². The van der Waals surface area contributed by atoms with Gasteiger partial charge in [-0.2, -0.15) is 4.98 Å². The summed E-state index contributed by atoms with van der Waals surface area (Å²) >= 11 is 0. The molecule has 1 heterocycles. The van der Waals surface area contributed by atoms with Gasteiger partial charge in [-0.3, -0.25) is 14.9 Å². The molecule has 6 N–H and O–H groups in total. The summed E-state index contributed by atoms with van der Waals surface area (Å²) < 4.78 is 20.9. The molecule has 2 saturated carbocycles. The molecule has 0 aromatic carbocycles. The molecule has 1 aromatic rings. The van der Waals surface area contributed by atoms with E-state index >= 15 is 0 Å². The van der Waals surface area contributed by atoms with Crippen LogP contribution in [-0.4, -0.2) is 99.4 Å². The van der Waals surface area contributed by atoms with Gasteiger partial charge in [0.1, 0.15) is 6.61 Å². The molecule has 300 valence electrons. The number of urea groups is 1. The van der Waals surface area contributed by atoms with Gasteiger partial charge in [0.25, 0.3) is 5.56 Å². The fraction of sp³-hybridized carbons (Fsp3) is 0.784. The number of hydrogen-bond donors (Lipinski definition) is 6. The average Bonchev–Trinajstić information content (AvgIpc) is 3.00. The van der Waals surface area contributed by atoms with Crippen LogP contribution in [0, 0.1) is 28.6 Å². The van der Waals surface area contributed by atoms with E-state index in [9.17, 15) is 24.0 Å². The third-order valence-electron chi connectivity index (χ3n) is 9.89. The van der Waals surface area contributed by atoms with Gasteiger partial charge in [-0.05, 0) is 67.1 Å². The highest BCUT2D eigenvalue weighted by molar-refractivity contribution is 5.87. The maximum atomic E-state index is 12.9. The van der Waals surface area contributed by atoms with Crippen LogP contribution >= 0.6 is 0 Å². The molecule has 3 rings (SSSR count). The summed E-state index contributed by atoms with van der Waals surface area (Å²) in [5.41, 5.74) is -0.340. The van der Waals surface area contributed by atoms with Crippen LogP contribution in [0.2, 0.25) is 0 Å². The summed E-state index contributed by atoms with van der Waals surface area (Å²) in [6.07, 6.45) is 3.77. The Morgan fingerprint density at radius 2 is 1.34 bits per heavy atom. The Labute approximate surface area is 313 Å². The van der Waals surface area contributed by atoms with Crippen molar-refractivity contribution in [1.82, 2.24) is 31.2 Å². The van der Waals surface area contributed by atoms with E-state index in [4.69, 9.17) is 18.9 Å². The van der Waals surface area contributed by atoms with Gasteiger partial charge in [-0.1, -0.05) is 41.5 Å². The minimum atomic E-state index is -0.584. The van der Waals surface area contributed by atoms with Crippen molar-refractivity contribution in [2.45, 2.75) is 112 Å². The van der Waals surface area contributed by atoms with E-state index in [1.807, 2.05) is 0 Å². The van der Waals surface area contributed by atoms with Gasteiger partial charge in [0.15, 0.2) is 0 Å². The van der Waals surface area contributed by atoms with Crippen molar-refractivity contribution < 1.29 is 38.1 Å². The number of anilines is 1. The van der Waals surface area contributed by atoms with Gasteiger partial charge in [-0.25, -0.2) is 14.4 Å². The monoisotopic (exact) mass is 749 g/mol. The molecular weight excluding hydrogens is 686 g/mol. The number of aromatic nitrogens is 2. The van der Waals surface area contributed by atoms with Crippen LogP contribution < -0.4 is 32.1 Å². The number of hydrogen-bond acceptors (Lipinski definition) is 10. The smallest absolute Gasteiger partial charge is 0.407 e. The second kappa shape index (κ2) is 18.9. The summed E-state index contributed by atoms with van der Waals surface area (Å²) in [6.45, 7) is 18.0. The standard InChI is InChI=1S/C37H63N7O9/c1-24-28(10-11-52-32(48)39-23-37(8)18-26(41-25(2)45)16-34(3,4)21-37)29(46)43-30(40-24)44-31(47)38-22-36(7)19-27(17-35(5,6)20-36)42-33(49)53-15-14-51-13-12-50-9/h26-27H,10-23H2,1-9H3,(H,39,48)(H,41,45)(H,42,49)(H3,38,40,43,44,46,47). The number of nitrogens with zero attached hydrogens (tertiary/aromatic N) is 1. The molecule has 16 nitrogen and oxygen atoms in total. The SMILES string of the molecule is COCCOCCOC(=O)NC1CC(C)(C)CC(C)(CNC(=O)Nc2nc(=O)c(CCOC(=O)NCC3(C)CC(NC(C)=O)CC(C)(C)C3)c(C)[nH]2)C1. The number of nitrogens with one attached hydrogen (secondary N) is 6. The zero-order valence-corrected chi connectivity index (χ0v) is 33.2. The predicted octanol–water partition coefficient (Wildman–Crippen LogP) is 4.16.